The van der Waals surface area contributed by atoms with Crippen LogP contribution in [0.15, 0.2) is 47.4 Å². The molecule has 0 aliphatic rings. The quantitative estimate of drug-likeness (QED) is 0.396. The molecule has 0 radical (unpaired) electrons. The standard InChI is InChI=1S/C18H18N2O6S2/c1-25-14-5-4-13(9-15(14)26-2)28(23,24)10-19-12-3-6-16-11(7-12)8-17(27-16)18(21)20-22/h3-9,19,22H,10H2,1-2H3,(H,20,21). The lowest BCUT2D eigenvalue weighted by molar-refractivity contribution is 0.0711. The van der Waals surface area contributed by atoms with Crippen LogP contribution in [0.3, 0.4) is 0 Å². The molecule has 3 N–H and O–H groups in total. The van der Waals surface area contributed by atoms with E-state index in [-0.39, 0.29) is 10.8 Å². The first kappa shape index (κ1) is 19.9. The van der Waals surface area contributed by atoms with E-state index in [1.54, 1.807) is 29.7 Å². The first-order chi connectivity index (χ1) is 13.4. The van der Waals surface area contributed by atoms with Gasteiger partial charge >= 0.3 is 0 Å². The van der Waals surface area contributed by atoms with Gasteiger partial charge in [-0.05, 0) is 41.8 Å². The fourth-order valence-electron chi connectivity index (χ4n) is 2.59. The van der Waals surface area contributed by atoms with Crippen molar-refractivity contribution in [1.82, 2.24) is 5.48 Å². The van der Waals surface area contributed by atoms with Crippen molar-refractivity contribution in [3.63, 3.8) is 0 Å². The minimum absolute atomic E-state index is 0.108. The van der Waals surface area contributed by atoms with Gasteiger partial charge < -0.3 is 14.8 Å². The second kappa shape index (κ2) is 8.05. The van der Waals surface area contributed by atoms with Gasteiger partial charge in [0.25, 0.3) is 5.91 Å². The van der Waals surface area contributed by atoms with Crippen LogP contribution in [0.4, 0.5) is 5.69 Å². The predicted molar refractivity (Wildman–Crippen MR) is 106 cm³/mol. The van der Waals surface area contributed by atoms with Crippen LogP contribution in [0.5, 0.6) is 11.5 Å². The number of fused-ring (bicyclic) bond motifs is 1. The zero-order valence-corrected chi connectivity index (χ0v) is 16.7. The molecule has 1 aromatic heterocycles. The summed E-state index contributed by atoms with van der Waals surface area (Å²) < 4.78 is 36.4. The van der Waals surface area contributed by atoms with Crippen molar-refractivity contribution in [2.75, 3.05) is 25.4 Å². The summed E-state index contributed by atoms with van der Waals surface area (Å²) in [6.45, 7) is 0. The maximum Gasteiger partial charge on any atom is 0.284 e. The lowest BCUT2D eigenvalue weighted by atomic mass is 10.2. The first-order valence-electron chi connectivity index (χ1n) is 8.04. The van der Waals surface area contributed by atoms with Crippen molar-refractivity contribution in [2.45, 2.75) is 4.90 Å². The molecule has 10 heteroatoms. The van der Waals surface area contributed by atoms with E-state index in [1.165, 1.54) is 43.8 Å². The average Bonchev–Trinajstić information content (AvgIpc) is 3.14. The molecule has 0 saturated heterocycles. The summed E-state index contributed by atoms with van der Waals surface area (Å²) in [5, 5.41) is 12.4. The van der Waals surface area contributed by atoms with Crippen LogP contribution in [0, 0.1) is 0 Å². The second-order valence-electron chi connectivity index (χ2n) is 5.76. The number of carbonyl (C=O) groups excluding carboxylic acids is 1. The van der Waals surface area contributed by atoms with Crippen LogP contribution in [0.1, 0.15) is 9.67 Å². The number of thiophene rings is 1. The topological polar surface area (TPSA) is 114 Å². The van der Waals surface area contributed by atoms with Gasteiger partial charge in [-0.15, -0.1) is 11.3 Å². The van der Waals surface area contributed by atoms with E-state index in [4.69, 9.17) is 14.7 Å². The summed E-state index contributed by atoms with van der Waals surface area (Å²) in [7, 11) is -0.708. The van der Waals surface area contributed by atoms with Gasteiger partial charge in [0.1, 0.15) is 5.88 Å². The van der Waals surface area contributed by atoms with Gasteiger partial charge in [-0.1, -0.05) is 0 Å². The largest absolute Gasteiger partial charge is 0.493 e. The van der Waals surface area contributed by atoms with Crippen LogP contribution in [-0.2, 0) is 9.84 Å². The maximum atomic E-state index is 12.6. The zero-order valence-electron chi connectivity index (χ0n) is 15.1. The van der Waals surface area contributed by atoms with Gasteiger partial charge in [0.05, 0.1) is 24.0 Å². The van der Waals surface area contributed by atoms with Gasteiger partial charge in [0.2, 0.25) is 0 Å². The summed E-state index contributed by atoms with van der Waals surface area (Å²) in [6, 6.07) is 11.3. The number of hydroxylamine groups is 1. The Labute approximate surface area is 165 Å². The normalized spacial score (nSPS) is 11.2. The SMILES string of the molecule is COc1ccc(S(=O)(=O)CNc2ccc3sc(C(=O)NO)cc3c2)cc1OC. The number of ether oxygens (including phenoxy) is 2. The van der Waals surface area contributed by atoms with E-state index in [9.17, 15) is 13.2 Å². The number of anilines is 1. The number of nitrogens with one attached hydrogen (secondary N) is 2. The Kier molecular flexibility index (Phi) is 5.73. The predicted octanol–water partition coefficient (Wildman–Crippen LogP) is 2.88. The minimum atomic E-state index is -3.62. The molecule has 0 unspecified atom stereocenters. The number of methoxy groups -OCH3 is 2. The zero-order chi connectivity index (χ0) is 20.3. The Morgan fingerprint density at radius 2 is 1.82 bits per heavy atom. The lowest BCUT2D eigenvalue weighted by Gasteiger charge is -2.11. The highest BCUT2D eigenvalue weighted by atomic mass is 32.2. The smallest absolute Gasteiger partial charge is 0.284 e. The maximum absolute atomic E-state index is 12.6. The molecular formula is C18H18N2O6S2. The average molecular weight is 422 g/mol. The number of carbonyl (C=O) groups is 1. The number of benzene rings is 2. The molecule has 8 nitrogen and oxygen atoms in total. The first-order valence-corrected chi connectivity index (χ1v) is 10.5. The Morgan fingerprint density at radius 3 is 2.50 bits per heavy atom. The summed E-state index contributed by atoms with van der Waals surface area (Å²) in [5.41, 5.74) is 2.18. The van der Waals surface area contributed by atoms with Gasteiger partial charge in [-0.2, -0.15) is 0 Å². The number of amides is 1. The van der Waals surface area contributed by atoms with Crippen molar-refractivity contribution in [1.29, 1.82) is 0 Å². The molecule has 0 saturated carbocycles. The highest BCUT2D eigenvalue weighted by molar-refractivity contribution is 7.91. The molecule has 28 heavy (non-hydrogen) atoms. The third-order valence-corrected chi connectivity index (χ3v) is 6.63. The number of rotatable bonds is 7. The third-order valence-electron chi connectivity index (χ3n) is 4.02. The number of hydrogen-bond donors (Lipinski definition) is 3. The molecule has 0 aliphatic heterocycles. The highest BCUT2D eigenvalue weighted by Gasteiger charge is 2.17. The fraction of sp³-hybridized carbons (Fsp3) is 0.167. The second-order valence-corrected chi connectivity index (χ2v) is 8.83. The molecule has 0 aliphatic carbocycles. The molecule has 0 fully saturated rings. The van der Waals surface area contributed by atoms with Crippen LogP contribution >= 0.6 is 11.3 Å². The molecule has 148 valence electrons. The van der Waals surface area contributed by atoms with E-state index in [1.807, 2.05) is 0 Å². The summed E-state index contributed by atoms with van der Waals surface area (Å²) in [6.07, 6.45) is 0. The monoisotopic (exact) mass is 422 g/mol. The lowest BCUT2D eigenvalue weighted by Crippen LogP contribution is -2.16. The van der Waals surface area contributed by atoms with Crippen molar-refractivity contribution < 1.29 is 27.9 Å². The molecule has 1 amide bonds. The molecule has 0 atom stereocenters. The van der Waals surface area contributed by atoms with E-state index in [2.05, 4.69) is 5.32 Å². The van der Waals surface area contributed by atoms with Gasteiger partial charge in [0, 0.05) is 16.5 Å². The minimum Gasteiger partial charge on any atom is -0.493 e. The molecule has 3 rings (SSSR count). The van der Waals surface area contributed by atoms with Crippen molar-refractivity contribution >= 4 is 42.9 Å². The van der Waals surface area contributed by atoms with Crippen molar-refractivity contribution in [3.05, 3.63) is 47.3 Å². The number of sulfone groups is 1. The Bertz CT molecular complexity index is 1120. The van der Waals surface area contributed by atoms with Gasteiger partial charge in [-0.3, -0.25) is 10.0 Å². The van der Waals surface area contributed by atoms with E-state index in [0.29, 0.717) is 22.1 Å². The molecular weight excluding hydrogens is 404 g/mol. The van der Waals surface area contributed by atoms with Crippen molar-refractivity contribution in [3.8, 4) is 11.5 Å². The molecule has 1 heterocycles. The van der Waals surface area contributed by atoms with Gasteiger partial charge in [0.15, 0.2) is 21.3 Å². The van der Waals surface area contributed by atoms with Crippen molar-refractivity contribution in [2.24, 2.45) is 0 Å². The van der Waals surface area contributed by atoms with Crippen LogP contribution in [0.2, 0.25) is 0 Å². The van der Waals surface area contributed by atoms with Gasteiger partial charge in [-0.25, -0.2) is 13.9 Å². The Morgan fingerprint density at radius 1 is 1.07 bits per heavy atom. The summed E-state index contributed by atoms with van der Waals surface area (Å²) >= 11 is 1.22. The van der Waals surface area contributed by atoms with E-state index < -0.39 is 15.7 Å². The molecule has 0 spiro atoms. The Balaban J connectivity index is 1.79. The summed E-state index contributed by atoms with van der Waals surface area (Å²) in [5.74, 6) is -0.132. The van der Waals surface area contributed by atoms with E-state index >= 15 is 0 Å². The van der Waals surface area contributed by atoms with Crippen LogP contribution in [-0.4, -0.2) is 39.6 Å². The van der Waals surface area contributed by atoms with Crippen LogP contribution in [0.25, 0.3) is 10.1 Å². The fourth-order valence-corrected chi connectivity index (χ4v) is 4.61. The highest BCUT2D eigenvalue weighted by Crippen LogP contribution is 2.31. The molecule has 2 aromatic carbocycles. The van der Waals surface area contributed by atoms with Crippen LogP contribution < -0.4 is 20.3 Å². The molecule has 3 aromatic rings. The molecule has 0 bridgehead atoms. The van der Waals surface area contributed by atoms with E-state index in [0.717, 1.165) is 10.1 Å². The Hall–Kier alpha value is -2.82. The number of hydrogen-bond acceptors (Lipinski definition) is 8. The summed E-state index contributed by atoms with van der Waals surface area (Å²) in [4.78, 5) is 12.0. The third kappa shape index (κ3) is 4.03.